The largest absolute Gasteiger partial charge is 0.481 e. The van der Waals surface area contributed by atoms with Gasteiger partial charge in [-0.25, -0.2) is 0 Å². The molecule has 1 aromatic rings. The van der Waals surface area contributed by atoms with Gasteiger partial charge in [0.25, 0.3) is 0 Å². The number of carbonyl (C=O) groups is 1. The Labute approximate surface area is 93.9 Å². The van der Waals surface area contributed by atoms with Crippen LogP contribution in [0.15, 0.2) is 16.5 Å². The second kappa shape index (κ2) is 6.56. The number of aliphatic carboxylic acids is 1. The quantitative estimate of drug-likeness (QED) is 0.729. The maximum atomic E-state index is 10.2. The fourth-order valence-corrected chi connectivity index (χ4v) is 2.04. The lowest BCUT2D eigenvalue weighted by molar-refractivity contribution is -0.137. The van der Waals surface area contributed by atoms with E-state index in [1.165, 1.54) is 0 Å². The third-order valence-electron chi connectivity index (χ3n) is 1.99. The Morgan fingerprint density at radius 2 is 2.20 bits per heavy atom. The molecule has 0 aromatic carbocycles. The summed E-state index contributed by atoms with van der Waals surface area (Å²) < 4.78 is 5.52. The average Bonchev–Trinajstić information content (AvgIpc) is 2.65. The summed E-state index contributed by atoms with van der Waals surface area (Å²) >= 11 is 1.72. The van der Waals surface area contributed by atoms with E-state index in [0.717, 1.165) is 35.9 Å². The molecule has 0 aliphatic heterocycles. The highest BCUT2D eigenvalue weighted by Crippen LogP contribution is 2.16. The van der Waals surface area contributed by atoms with Crippen molar-refractivity contribution in [3.05, 3.63) is 23.7 Å². The zero-order chi connectivity index (χ0) is 11.1. The van der Waals surface area contributed by atoms with Crippen molar-refractivity contribution in [2.75, 3.05) is 5.75 Å². The third kappa shape index (κ3) is 4.93. The van der Waals surface area contributed by atoms with Gasteiger partial charge in [0.2, 0.25) is 0 Å². The molecular formula is C11H16O3S. The molecule has 1 heterocycles. The Balaban J connectivity index is 2.12. The van der Waals surface area contributed by atoms with Crippen LogP contribution in [0.1, 0.15) is 31.3 Å². The molecule has 3 nitrogen and oxygen atoms in total. The van der Waals surface area contributed by atoms with Gasteiger partial charge in [0, 0.05) is 12.8 Å². The minimum absolute atomic E-state index is 0.255. The standard InChI is InChI=1S/C11H16O3S/c1-2-9-5-6-10(14-9)8-15-7-3-4-11(12)13/h5-6H,2-4,7-8H2,1H3,(H,12,13). The Kier molecular flexibility index (Phi) is 5.32. The monoisotopic (exact) mass is 228 g/mol. The minimum atomic E-state index is -0.720. The lowest BCUT2D eigenvalue weighted by atomic mass is 10.3. The van der Waals surface area contributed by atoms with Crippen LogP contribution < -0.4 is 0 Å². The van der Waals surface area contributed by atoms with E-state index in [-0.39, 0.29) is 6.42 Å². The average molecular weight is 228 g/mol. The summed E-state index contributed by atoms with van der Waals surface area (Å²) in [5.74, 6) is 2.97. The fourth-order valence-electron chi connectivity index (χ4n) is 1.19. The number of furan rings is 1. The van der Waals surface area contributed by atoms with Crippen LogP contribution in [-0.2, 0) is 17.0 Å². The lowest BCUT2D eigenvalue weighted by Gasteiger charge is -1.97. The van der Waals surface area contributed by atoms with Gasteiger partial charge in [0.1, 0.15) is 11.5 Å². The summed E-state index contributed by atoms with van der Waals surface area (Å²) in [5.41, 5.74) is 0. The first-order valence-corrected chi connectivity index (χ1v) is 6.25. The molecule has 1 rings (SSSR count). The summed E-state index contributed by atoms with van der Waals surface area (Å²) in [6, 6.07) is 3.98. The molecule has 15 heavy (non-hydrogen) atoms. The summed E-state index contributed by atoms with van der Waals surface area (Å²) in [7, 11) is 0. The number of aryl methyl sites for hydroxylation is 1. The number of thioether (sulfide) groups is 1. The number of hydrogen-bond donors (Lipinski definition) is 1. The van der Waals surface area contributed by atoms with Crippen molar-refractivity contribution in [2.24, 2.45) is 0 Å². The maximum absolute atomic E-state index is 10.2. The van der Waals surface area contributed by atoms with Crippen molar-refractivity contribution in [1.29, 1.82) is 0 Å². The Morgan fingerprint density at radius 1 is 1.47 bits per heavy atom. The van der Waals surface area contributed by atoms with Crippen LogP contribution in [-0.4, -0.2) is 16.8 Å². The molecule has 0 aliphatic carbocycles. The molecule has 0 bridgehead atoms. The van der Waals surface area contributed by atoms with Gasteiger partial charge < -0.3 is 9.52 Å². The van der Waals surface area contributed by atoms with Crippen LogP contribution in [0.25, 0.3) is 0 Å². The summed E-state index contributed by atoms with van der Waals surface area (Å²) in [6.45, 7) is 2.06. The van der Waals surface area contributed by atoms with Gasteiger partial charge in [-0.05, 0) is 24.3 Å². The van der Waals surface area contributed by atoms with E-state index in [2.05, 4.69) is 6.92 Å². The van der Waals surface area contributed by atoms with E-state index in [4.69, 9.17) is 9.52 Å². The Morgan fingerprint density at radius 3 is 2.80 bits per heavy atom. The van der Waals surface area contributed by atoms with E-state index in [0.29, 0.717) is 0 Å². The molecule has 0 aliphatic rings. The van der Waals surface area contributed by atoms with E-state index >= 15 is 0 Å². The number of hydrogen-bond acceptors (Lipinski definition) is 3. The first-order chi connectivity index (χ1) is 7.22. The van der Waals surface area contributed by atoms with Gasteiger partial charge in [0.15, 0.2) is 0 Å². The molecule has 0 saturated heterocycles. The van der Waals surface area contributed by atoms with Crippen LogP contribution >= 0.6 is 11.8 Å². The van der Waals surface area contributed by atoms with Gasteiger partial charge in [-0.15, -0.1) is 0 Å². The predicted molar refractivity (Wildman–Crippen MR) is 61.1 cm³/mol. The number of rotatable bonds is 7. The first-order valence-electron chi connectivity index (χ1n) is 5.09. The molecule has 4 heteroatoms. The highest BCUT2D eigenvalue weighted by atomic mass is 32.2. The molecule has 0 unspecified atom stereocenters. The Bertz CT molecular complexity index is 307. The highest BCUT2D eigenvalue weighted by Gasteiger charge is 2.01. The molecule has 0 atom stereocenters. The van der Waals surface area contributed by atoms with Crippen molar-refractivity contribution in [3.8, 4) is 0 Å². The van der Waals surface area contributed by atoms with E-state index in [1.54, 1.807) is 11.8 Å². The second-order valence-corrected chi connectivity index (χ2v) is 4.38. The van der Waals surface area contributed by atoms with Crippen LogP contribution in [0, 0.1) is 0 Å². The summed E-state index contributed by atoms with van der Waals surface area (Å²) in [6.07, 6.45) is 1.90. The fraction of sp³-hybridized carbons (Fsp3) is 0.545. The van der Waals surface area contributed by atoms with Crippen molar-refractivity contribution in [1.82, 2.24) is 0 Å². The number of carboxylic acids is 1. The second-order valence-electron chi connectivity index (χ2n) is 3.27. The zero-order valence-corrected chi connectivity index (χ0v) is 9.68. The van der Waals surface area contributed by atoms with Gasteiger partial charge in [0.05, 0.1) is 5.75 Å². The minimum Gasteiger partial charge on any atom is -0.481 e. The lowest BCUT2D eigenvalue weighted by Crippen LogP contribution is -1.94. The summed E-state index contributed by atoms with van der Waals surface area (Å²) in [5, 5.41) is 8.44. The topological polar surface area (TPSA) is 50.4 Å². The van der Waals surface area contributed by atoms with Crippen molar-refractivity contribution in [2.45, 2.75) is 31.9 Å². The molecule has 0 amide bonds. The molecule has 0 spiro atoms. The Hall–Kier alpha value is -0.900. The van der Waals surface area contributed by atoms with E-state index in [1.807, 2.05) is 12.1 Å². The van der Waals surface area contributed by atoms with Crippen LogP contribution in [0.4, 0.5) is 0 Å². The van der Waals surface area contributed by atoms with Gasteiger partial charge in [-0.3, -0.25) is 4.79 Å². The van der Waals surface area contributed by atoms with Crippen molar-refractivity contribution in [3.63, 3.8) is 0 Å². The van der Waals surface area contributed by atoms with Crippen LogP contribution in [0.3, 0.4) is 0 Å². The van der Waals surface area contributed by atoms with E-state index < -0.39 is 5.97 Å². The third-order valence-corrected chi connectivity index (χ3v) is 3.06. The molecule has 0 radical (unpaired) electrons. The van der Waals surface area contributed by atoms with E-state index in [9.17, 15) is 4.79 Å². The van der Waals surface area contributed by atoms with Crippen molar-refractivity contribution < 1.29 is 14.3 Å². The normalized spacial score (nSPS) is 10.5. The van der Waals surface area contributed by atoms with Crippen LogP contribution in [0.2, 0.25) is 0 Å². The summed E-state index contributed by atoms with van der Waals surface area (Å²) in [4.78, 5) is 10.2. The molecule has 84 valence electrons. The molecule has 0 fully saturated rings. The first kappa shape index (κ1) is 12.2. The molecule has 1 N–H and O–H groups in total. The molecule has 0 saturated carbocycles. The van der Waals surface area contributed by atoms with Crippen LogP contribution in [0.5, 0.6) is 0 Å². The SMILES string of the molecule is CCc1ccc(CSCCCC(=O)O)o1. The zero-order valence-electron chi connectivity index (χ0n) is 8.86. The molecular weight excluding hydrogens is 212 g/mol. The smallest absolute Gasteiger partial charge is 0.303 e. The predicted octanol–water partition coefficient (Wildman–Crippen LogP) is 2.94. The number of carboxylic acid groups (broad SMARTS) is 1. The van der Waals surface area contributed by atoms with Crippen molar-refractivity contribution >= 4 is 17.7 Å². The highest BCUT2D eigenvalue weighted by molar-refractivity contribution is 7.98. The van der Waals surface area contributed by atoms with Gasteiger partial charge in [-0.2, -0.15) is 11.8 Å². The van der Waals surface area contributed by atoms with Gasteiger partial charge >= 0.3 is 5.97 Å². The maximum Gasteiger partial charge on any atom is 0.303 e. The molecule has 1 aromatic heterocycles. The van der Waals surface area contributed by atoms with Gasteiger partial charge in [-0.1, -0.05) is 6.92 Å².